The topological polar surface area (TPSA) is 68.2 Å². The number of aliphatic hydroxyl groups is 1. The normalized spacial score (nSPS) is 33.4. The molecule has 0 radical (unpaired) electrons. The number of likely N-dealkylation sites (tertiary alicyclic amines) is 1. The predicted octanol–water partition coefficient (Wildman–Crippen LogP) is 1.12. The molecule has 0 unspecified atom stereocenters. The maximum Gasteiger partial charge on any atom is 0.410 e. The SMILES string of the molecule is CC(C)(C)OC(=O)N1C[C@H]2OC(C)(C)O[C@H]2[C@@H]1CO. The van der Waals surface area contributed by atoms with Gasteiger partial charge in [-0.1, -0.05) is 0 Å². The van der Waals surface area contributed by atoms with Crippen molar-refractivity contribution in [3.8, 4) is 0 Å². The molecule has 1 N–H and O–H groups in total. The van der Waals surface area contributed by atoms with Gasteiger partial charge in [0.05, 0.1) is 19.2 Å². The van der Waals surface area contributed by atoms with E-state index in [-0.39, 0.29) is 18.8 Å². The number of nitrogens with zero attached hydrogens (tertiary/aromatic N) is 1. The highest BCUT2D eigenvalue weighted by molar-refractivity contribution is 5.69. The van der Waals surface area contributed by atoms with Crippen LogP contribution in [0, 0.1) is 0 Å². The van der Waals surface area contributed by atoms with E-state index >= 15 is 0 Å². The molecule has 6 heteroatoms. The van der Waals surface area contributed by atoms with Gasteiger partial charge < -0.3 is 19.3 Å². The number of carbonyl (C=O) groups is 1. The van der Waals surface area contributed by atoms with Crippen LogP contribution in [-0.4, -0.2) is 58.9 Å². The van der Waals surface area contributed by atoms with Crippen molar-refractivity contribution < 1.29 is 24.1 Å². The molecule has 6 nitrogen and oxygen atoms in total. The van der Waals surface area contributed by atoms with Crippen molar-refractivity contribution in [2.75, 3.05) is 13.2 Å². The summed E-state index contributed by atoms with van der Waals surface area (Å²) in [6.07, 6.45) is -0.946. The monoisotopic (exact) mass is 273 g/mol. The van der Waals surface area contributed by atoms with E-state index in [1.54, 1.807) is 0 Å². The Balaban J connectivity index is 2.07. The fourth-order valence-electron chi connectivity index (χ4n) is 2.57. The molecule has 0 bridgehead atoms. The van der Waals surface area contributed by atoms with E-state index in [1.165, 1.54) is 4.90 Å². The maximum absolute atomic E-state index is 12.1. The summed E-state index contributed by atoms with van der Waals surface area (Å²) < 4.78 is 16.8. The molecule has 0 aromatic heterocycles. The fourth-order valence-corrected chi connectivity index (χ4v) is 2.57. The molecular formula is C13H23NO5. The van der Waals surface area contributed by atoms with Crippen molar-refractivity contribution in [3.63, 3.8) is 0 Å². The van der Waals surface area contributed by atoms with Gasteiger partial charge in [0, 0.05) is 0 Å². The first-order valence-electron chi connectivity index (χ1n) is 6.59. The number of rotatable bonds is 1. The lowest BCUT2D eigenvalue weighted by molar-refractivity contribution is -0.162. The Morgan fingerprint density at radius 1 is 1.42 bits per heavy atom. The summed E-state index contributed by atoms with van der Waals surface area (Å²) in [4.78, 5) is 13.6. The van der Waals surface area contributed by atoms with Crippen LogP contribution in [0.2, 0.25) is 0 Å². The number of fused-ring (bicyclic) bond motifs is 1. The predicted molar refractivity (Wildman–Crippen MR) is 67.6 cm³/mol. The quantitative estimate of drug-likeness (QED) is 0.775. The Labute approximate surface area is 113 Å². The second kappa shape index (κ2) is 4.61. The molecule has 2 aliphatic heterocycles. The molecule has 110 valence electrons. The van der Waals surface area contributed by atoms with Crippen LogP contribution in [0.4, 0.5) is 4.79 Å². The molecule has 0 saturated carbocycles. The van der Waals surface area contributed by atoms with Crippen LogP contribution in [0.1, 0.15) is 34.6 Å². The zero-order valence-corrected chi connectivity index (χ0v) is 12.2. The number of ether oxygens (including phenoxy) is 3. The lowest BCUT2D eigenvalue weighted by atomic mass is 10.1. The second-order valence-electron chi connectivity index (χ2n) is 6.52. The largest absolute Gasteiger partial charge is 0.444 e. The van der Waals surface area contributed by atoms with Gasteiger partial charge in [-0.25, -0.2) is 4.79 Å². The van der Waals surface area contributed by atoms with E-state index in [4.69, 9.17) is 14.2 Å². The number of aliphatic hydroxyl groups excluding tert-OH is 1. The molecule has 19 heavy (non-hydrogen) atoms. The smallest absolute Gasteiger partial charge is 0.410 e. The van der Waals surface area contributed by atoms with Gasteiger partial charge in [0.25, 0.3) is 0 Å². The number of amides is 1. The molecule has 2 heterocycles. The Morgan fingerprint density at radius 3 is 2.58 bits per heavy atom. The van der Waals surface area contributed by atoms with E-state index in [1.807, 2.05) is 34.6 Å². The standard InChI is InChI=1S/C13H23NO5/c1-12(2,3)19-11(16)14-6-9-10(8(14)7-15)18-13(4,5)17-9/h8-10,15H,6-7H2,1-5H3/t8-,9+,10-/m0/s1. The van der Waals surface area contributed by atoms with Crippen LogP contribution in [-0.2, 0) is 14.2 Å². The number of carbonyl (C=O) groups excluding carboxylic acids is 1. The fraction of sp³-hybridized carbons (Fsp3) is 0.923. The number of hydrogen-bond acceptors (Lipinski definition) is 5. The van der Waals surface area contributed by atoms with Gasteiger partial charge in [-0.15, -0.1) is 0 Å². The summed E-state index contributed by atoms with van der Waals surface area (Å²) in [5.41, 5.74) is -0.560. The highest BCUT2D eigenvalue weighted by Crippen LogP contribution is 2.37. The number of hydrogen-bond donors (Lipinski definition) is 1. The van der Waals surface area contributed by atoms with Crippen LogP contribution in [0.3, 0.4) is 0 Å². The average molecular weight is 273 g/mol. The van der Waals surface area contributed by atoms with Crippen molar-refractivity contribution in [2.24, 2.45) is 0 Å². The third-order valence-corrected chi connectivity index (χ3v) is 3.19. The van der Waals surface area contributed by atoms with Crippen LogP contribution in [0.5, 0.6) is 0 Å². The lowest BCUT2D eigenvalue weighted by Gasteiger charge is -2.30. The van der Waals surface area contributed by atoms with Crippen LogP contribution < -0.4 is 0 Å². The third kappa shape index (κ3) is 3.01. The van der Waals surface area contributed by atoms with Crippen molar-refractivity contribution in [3.05, 3.63) is 0 Å². The summed E-state index contributed by atoms with van der Waals surface area (Å²) in [6.45, 7) is 9.31. The first-order chi connectivity index (χ1) is 8.63. The van der Waals surface area contributed by atoms with E-state index in [9.17, 15) is 9.90 Å². The summed E-state index contributed by atoms with van der Waals surface area (Å²) in [5.74, 6) is -0.664. The van der Waals surface area contributed by atoms with Crippen molar-refractivity contribution in [2.45, 2.75) is 64.3 Å². The Morgan fingerprint density at radius 2 is 2.05 bits per heavy atom. The maximum atomic E-state index is 12.1. The highest BCUT2D eigenvalue weighted by Gasteiger charge is 2.54. The Kier molecular flexibility index (Phi) is 3.53. The third-order valence-electron chi connectivity index (χ3n) is 3.19. The Hall–Kier alpha value is -0.850. The molecule has 1 amide bonds. The Bertz CT molecular complexity index is 363. The van der Waals surface area contributed by atoms with Crippen LogP contribution in [0.15, 0.2) is 0 Å². The van der Waals surface area contributed by atoms with Gasteiger partial charge in [0.15, 0.2) is 5.79 Å². The minimum absolute atomic E-state index is 0.167. The molecular weight excluding hydrogens is 250 g/mol. The minimum Gasteiger partial charge on any atom is -0.444 e. The van der Waals surface area contributed by atoms with E-state index in [2.05, 4.69) is 0 Å². The lowest BCUT2D eigenvalue weighted by Crippen LogP contribution is -2.46. The molecule has 2 rings (SSSR count). The van der Waals surface area contributed by atoms with Crippen molar-refractivity contribution in [1.29, 1.82) is 0 Å². The summed E-state index contributed by atoms with van der Waals surface area (Å²) in [7, 11) is 0. The molecule has 0 aromatic rings. The molecule has 0 aromatic carbocycles. The molecule has 3 atom stereocenters. The molecule has 0 aliphatic carbocycles. The van der Waals surface area contributed by atoms with Gasteiger partial charge in [-0.05, 0) is 34.6 Å². The van der Waals surface area contributed by atoms with Crippen molar-refractivity contribution in [1.82, 2.24) is 4.90 Å². The molecule has 2 saturated heterocycles. The summed E-state index contributed by atoms with van der Waals surface area (Å²) in [5, 5.41) is 9.52. The molecule has 2 fully saturated rings. The van der Waals surface area contributed by atoms with E-state index in [0.29, 0.717) is 6.54 Å². The second-order valence-corrected chi connectivity index (χ2v) is 6.52. The molecule has 0 spiro atoms. The highest BCUT2D eigenvalue weighted by atomic mass is 16.8. The van der Waals surface area contributed by atoms with Gasteiger partial charge in [-0.2, -0.15) is 0 Å². The molecule has 2 aliphatic rings. The van der Waals surface area contributed by atoms with Crippen LogP contribution in [0.25, 0.3) is 0 Å². The zero-order valence-electron chi connectivity index (χ0n) is 12.2. The van der Waals surface area contributed by atoms with Crippen LogP contribution >= 0.6 is 0 Å². The van der Waals surface area contributed by atoms with Gasteiger partial charge >= 0.3 is 6.09 Å². The first-order valence-corrected chi connectivity index (χ1v) is 6.59. The van der Waals surface area contributed by atoms with E-state index < -0.39 is 23.5 Å². The first kappa shape index (κ1) is 14.6. The minimum atomic E-state index is -0.664. The average Bonchev–Trinajstić information content (AvgIpc) is 2.66. The van der Waals surface area contributed by atoms with E-state index in [0.717, 1.165) is 0 Å². The summed E-state index contributed by atoms with van der Waals surface area (Å²) >= 11 is 0. The van der Waals surface area contributed by atoms with Gasteiger partial charge in [0.2, 0.25) is 0 Å². The summed E-state index contributed by atoms with van der Waals surface area (Å²) in [6, 6.07) is -0.415. The van der Waals surface area contributed by atoms with Crippen molar-refractivity contribution >= 4 is 6.09 Å². The van der Waals surface area contributed by atoms with Gasteiger partial charge in [-0.3, -0.25) is 4.90 Å². The zero-order chi connectivity index (χ0) is 14.4. The van der Waals surface area contributed by atoms with Gasteiger partial charge in [0.1, 0.15) is 17.8 Å².